The zero-order valence-electron chi connectivity index (χ0n) is 28.3. The van der Waals surface area contributed by atoms with E-state index in [9.17, 15) is 17.6 Å². The highest BCUT2D eigenvalue weighted by atomic mass is 35.5. The molecule has 3 aliphatic rings. The number of sulfonamides is 1. The van der Waals surface area contributed by atoms with Crippen LogP contribution in [0.15, 0.2) is 59.8 Å². The molecule has 48 heavy (non-hydrogen) atoms. The van der Waals surface area contributed by atoms with Crippen LogP contribution < -0.4 is 0 Å². The molecule has 0 saturated carbocycles. The van der Waals surface area contributed by atoms with E-state index >= 15 is 0 Å². The molecular formula is C36H46ClFN6O3S. The first-order valence-electron chi connectivity index (χ1n) is 17.0. The average molecular weight is 697 g/mol. The Balaban J connectivity index is 1.13. The second kappa shape index (κ2) is 14.1. The van der Waals surface area contributed by atoms with E-state index in [1.165, 1.54) is 24.5 Å². The fourth-order valence-corrected chi connectivity index (χ4v) is 9.82. The van der Waals surface area contributed by atoms with Gasteiger partial charge in [-0.2, -0.15) is 4.31 Å². The van der Waals surface area contributed by atoms with Crippen LogP contribution in [0.2, 0.25) is 5.02 Å². The van der Waals surface area contributed by atoms with E-state index in [4.69, 9.17) is 11.6 Å². The number of hydrogen-bond acceptors (Lipinski definition) is 7. The number of nitrogens with zero attached hydrogens (tertiary/aromatic N) is 6. The number of halogens is 2. The lowest BCUT2D eigenvalue weighted by molar-refractivity contribution is -0.0421. The van der Waals surface area contributed by atoms with Crippen molar-refractivity contribution in [2.75, 3.05) is 45.8 Å². The minimum atomic E-state index is -3.65. The smallest absolute Gasteiger partial charge is 0.257 e. The molecule has 3 aromatic rings. The molecule has 1 aromatic heterocycles. The van der Waals surface area contributed by atoms with E-state index in [2.05, 4.69) is 33.6 Å². The summed E-state index contributed by atoms with van der Waals surface area (Å²) in [7, 11) is -3.65. The van der Waals surface area contributed by atoms with Gasteiger partial charge in [-0.3, -0.25) is 14.6 Å². The second-order valence-corrected chi connectivity index (χ2v) is 16.3. The van der Waals surface area contributed by atoms with Crippen LogP contribution in [0.25, 0.3) is 0 Å². The summed E-state index contributed by atoms with van der Waals surface area (Å²) >= 11 is 6.12. The van der Waals surface area contributed by atoms with Crippen LogP contribution >= 0.6 is 11.6 Å². The van der Waals surface area contributed by atoms with Crippen molar-refractivity contribution >= 4 is 27.5 Å². The molecule has 2 atom stereocenters. The summed E-state index contributed by atoms with van der Waals surface area (Å²) < 4.78 is 42.5. The van der Waals surface area contributed by atoms with Gasteiger partial charge in [0.1, 0.15) is 12.1 Å². The normalized spacial score (nSPS) is 22.5. The Morgan fingerprint density at radius 3 is 2.21 bits per heavy atom. The summed E-state index contributed by atoms with van der Waals surface area (Å²) in [4.78, 5) is 29.3. The number of carbonyl (C=O) groups excluding carboxylic acids is 1. The average Bonchev–Trinajstić information content (AvgIpc) is 3.07. The summed E-state index contributed by atoms with van der Waals surface area (Å²) in [6, 6.07) is 13.6. The monoisotopic (exact) mass is 696 g/mol. The number of likely N-dealkylation sites (tertiary alicyclic amines) is 1. The van der Waals surface area contributed by atoms with Crippen LogP contribution in [0.1, 0.15) is 72.9 Å². The Morgan fingerprint density at radius 1 is 0.958 bits per heavy atom. The molecule has 4 heterocycles. The molecule has 0 unspecified atom stereocenters. The number of carbonyl (C=O) groups is 1. The molecule has 0 aliphatic carbocycles. The molecular weight excluding hydrogens is 651 g/mol. The zero-order chi connectivity index (χ0) is 34.2. The van der Waals surface area contributed by atoms with Crippen molar-refractivity contribution < 1.29 is 17.6 Å². The molecule has 3 saturated heterocycles. The zero-order valence-corrected chi connectivity index (χ0v) is 29.9. The van der Waals surface area contributed by atoms with Crippen molar-refractivity contribution in [1.29, 1.82) is 0 Å². The summed E-state index contributed by atoms with van der Waals surface area (Å²) in [6.45, 7) is 13.2. The van der Waals surface area contributed by atoms with Crippen molar-refractivity contribution in [3.05, 3.63) is 88.2 Å². The lowest BCUT2D eigenvalue weighted by Gasteiger charge is -2.54. The Labute approximate surface area is 289 Å². The predicted molar refractivity (Wildman–Crippen MR) is 185 cm³/mol. The van der Waals surface area contributed by atoms with E-state index in [0.29, 0.717) is 49.6 Å². The lowest BCUT2D eigenvalue weighted by atomic mass is 9.82. The van der Waals surface area contributed by atoms with Gasteiger partial charge < -0.3 is 4.90 Å². The van der Waals surface area contributed by atoms with Crippen molar-refractivity contribution in [3.63, 3.8) is 0 Å². The van der Waals surface area contributed by atoms with Crippen LogP contribution in [0, 0.1) is 25.6 Å². The Bertz CT molecular complexity index is 1710. The highest BCUT2D eigenvalue weighted by Gasteiger charge is 2.43. The predicted octanol–water partition coefficient (Wildman–Crippen LogP) is 5.73. The van der Waals surface area contributed by atoms with Gasteiger partial charge in [0.2, 0.25) is 10.0 Å². The number of piperidine rings is 2. The first-order valence-corrected chi connectivity index (χ1v) is 18.8. The largest absolute Gasteiger partial charge is 0.338 e. The number of aryl methyl sites for hydroxylation is 2. The van der Waals surface area contributed by atoms with E-state index in [-0.39, 0.29) is 40.2 Å². The summed E-state index contributed by atoms with van der Waals surface area (Å²) in [5.74, 6) is -0.0333. The molecule has 6 rings (SSSR count). The number of hydrogen-bond donors (Lipinski definition) is 0. The van der Waals surface area contributed by atoms with Gasteiger partial charge in [-0.15, -0.1) is 0 Å². The molecule has 12 heteroatoms. The molecule has 1 amide bonds. The van der Waals surface area contributed by atoms with Crippen molar-refractivity contribution in [2.45, 2.75) is 75.9 Å². The van der Waals surface area contributed by atoms with Crippen LogP contribution in [-0.4, -0.2) is 101 Å². The van der Waals surface area contributed by atoms with Crippen LogP contribution in [0.5, 0.6) is 0 Å². The standard InChI is InChI=1S/C36H46ClFN6O3S/c1-25-23-42(36(4)14-18-41(19-15-36)35(45)33-26(2)39-24-40-27(33)3)20-21-44(25)34(28-8-10-31(38)11-9-28)29-12-16-43(17-13-29)48(46,47)32-7-5-6-30(37)22-32/h5-11,22,24-25,29,34H,12-21,23H2,1-4H3/t25-,34-/m0/s1. The summed E-state index contributed by atoms with van der Waals surface area (Å²) in [5.41, 5.74) is 3.09. The maximum absolute atomic E-state index is 14.1. The molecule has 0 N–H and O–H groups in total. The number of piperazine rings is 1. The molecule has 0 radical (unpaired) electrons. The second-order valence-electron chi connectivity index (χ2n) is 13.9. The number of benzene rings is 2. The van der Waals surface area contributed by atoms with Crippen molar-refractivity contribution in [3.8, 4) is 0 Å². The molecule has 3 fully saturated rings. The maximum atomic E-state index is 14.1. The maximum Gasteiger partial charge on any atom is 0.257 e. The van der Waals surface area contributed by atoms with Gasteiger partial charge in [0.25, 0.3) is 5.91 Å². The highest BCUT2D eigenvalue weighted by Crippen LogP contribution is 2.40. The molecule has 3 aliphatic heterocycles. The fraction of sp³-hybridized carbons (Fsp3) is 0.528. The van der Waals surface area contributed by atoms with E-state index < -0.39 is 10.0 Å². The van der Waals surface area contributed by atoms with Crippen LogP contribution in [0.3, 0.4) is 0 Å². The number of amides is 1. The van der Waals surface area contributed by atoms with Gasteiger partial charge in [-0.25, -0.2) is 22.8 Å². The quantitative estimate of drug-likeness (QED) is 0.312. The lowest BCUT2D eigenvalue weighted by Crippen LogP contribution is -2.63. The van der Waals surface area contributed by atoms with E-state index in [1.807, 2.05) is 30.9 Å². The Hall–Kier alpha value is -2.96. The molecule has 0 spiro atoms. The topological polar surface area (TPSA) is 90.0 Å². The molecule has 258 valence electrons. The van der Waals surface area contributed by atoms with Gasteiger partial charge >= 0.3 is 0 Å². The first kappa shape index (κ1) is 34.9. The molecule has 9 nitrogen and oxygen atoms in total. The van der Waals surface area contributed by atoms with Gasteiger partial charge in [0.05, 0.1) is 21.8 Å². The van der Waals surface area contributed by atoms with Crippen molar-refractivity contribution in [2.24, 2.45) is 5.92 Å². The van der Waals surface area contributed by atoms with Gasteiger partial charge in [0, 0.05) is 68.5 Å². The van der Waals surface area contributed by atoms with E-state index in [0.717, 1.165) is 49.4 Å². The third kappa shape index (κ3) is 7.03. The van der Waals surface area contributed by atoms with Gasteiger partial charge in [-0.05, 0) is 95.2 Å². The molecule has 2 aromatic carbocycles. The third-order valence-corrected chi connectivity index (χ3v) is 13.1. The van der Waals surface area contributed by atoms with Gasteiger partial charge in [0.15, 0.2) is 0 Å². The minimum absolute atomic E-state index is 0.0133. The highest BCUT2D eigenvalue weighted by molar-refractivity contribution is 7.89. The summed E-state index contributed by atoms with van der Waals surface area (Å²) in [6.07, 6.45) is 4.70. The minimum Gasteiger partial charge on any atom is -0.338 e. The van der Waals surface area contributed by atoms with Crippen LogP contribution in [0.4, 0.5) is 4.39 Å². The molecule has 0 bridgehead atoms. The Morgan fingerprint density at radius 2 is 1.60 bits per heavy atom. The first-order chi connectivity index (χ1) is 22.9. The number of rotatable bonds is 7. The fourth-order valence-electron chi connectivity index (χ4n) is 8.05. The Kier molecular flexibility index (Phi) is 10.3. The number of aromatic nitrogens is 2. The third-order valence-electron chi connectivity index (χ3n) is 11.0. The SMILES string of the molecule is Cc1ncnc(C)c1C(=O)N1CCC(C)(N2CCN([C@@H](c3ccc(F)cc3)C3CCN(S(=O)(=O)c4cccc(Cl)c4)CC3)[C@@H](C)C2)CC1. The van der Waals surface area contributed by atoms with Gasteiger partial charge in [-0.1, -0.05) is 29.8 Å². The van der Waals surface area contributed by atoms with E-state index in [1.54, 1.807) is 22.5 Å². The summed E-state index contributed by atoms with van der Waals surface area (Å²) in [5, 5.41) is 0.399. The van der Waals surface area contributed by atoms with Crippen LogP contribution in [-0.2, 0) is 10.0 Å². The van der Waals surface area contributed by atoms with Crippen molar-refractivity contribution in [1.82, 2.24) is 29.0 Å².